The van der Waals surface area contributed by atoms with Gasteiger partial charge in [-0.3, -0.25) is 4.79 Å². The average Bonchev–Trinajstić information content (AvgIpc) is 2.66. The lowest BCUT2D eigenvalue weighted by atomic mass is 9.79. The van der Waals surface area contributed by atoms with E-state index in [1.54, 1.807) is 12.1 Å². The van der Waals surface area contributed by atoms with E-state index < -0.39 is 5.97 Å². The van der Waals surface area contributed by atoms with E-state index in [1.807, 2.05) is 56.3 Å². The second-order valence-corrected chi connectivity index (χ2v) is 6.74. The Bertz CT molecular complexity index is 855. The molecule has 1 amide bonds. The molecule has 1 aliphatic rings. The highest BCUT2D eigenvalue weighted by molar-refractivity contribution is 6.08. The molecule has 0 aliphatic carbocycles. The van der Waals surface area contributed by atoms with Crippen LogP contribution >= 0.6 is 0 Å². The second kappa shape index (κ2) is 7.56. The smallest absolute Gasteiger partial charge is 0.332 e. The van der Waals surface area contributed by atoms with E-state index in [1.165, 1.54) is 0 Å². The third-order valence-corrected chi connectivity index (χ3v) is 5.08. The molecule has 0 radical (unpaired) electrons. The predicted octanol–water partition coefficient (Wildman–Crippen LogP) is 3.93. The zero-order valence-corrected chi connectivity index (χ0v) is 15.0. The summed E-state index contributed by atoms with van der Waals surface area (Å²) in [4.78, 5) is 24.7. The largest absolute Gasteiger partial charge is 0.478 e. The number of amides is 1. The zero-order chi connectivity index (χ0) is 18.7. The third-order valence-electron chi connectivity index (χ3n) is 5.08. The van der Waals surface area contributed by atoms with Crippen LogP contribution in [0.4, 0.5) is 0 Å². The summed E-state index contributed by atoms with van der Waals surface area (Å²) in [6, 6.07) is 16.5. The van der Waals surface area contributed by atoms with Crippen LogP contribution < -0.4 is 5.32 Å². The van der Waals surface area contributed by atoms with Gasteiger partial charge in [-0.2, -0.15) is 0 Å². The van der Waals surface area contributed by atoms with Gasteiger partial charge in [0.05, 0.1) is 6.04 Å². The van der Waals surface area contributed by atoms with Crippen LogP contribution in [0.5, 0.6) is 0 Å². The lowest BCUT2D eigenvalue weighted by Crippen LogP contribution is -2.45. The van der Waals surface area contributed by atoms with Gasteiger partial charge in [-0.15, -0.1) is 0 Å². The maximum absolute atomic E-state index is 12.5. The Morgan fingerprint density at radius 3 is 2.31 bits per heavy atom. The first-order valence-corrected chi connectivity index (χ1v) is 8.93. The molecule has 2 aromatic carbocycles. The fraction of sp³-hybridized carbons (Fsp3) is 0.273. The molecule has 134 valence electrons. The van der Waals surface area contributed by atoms with E-state index in [0.717, 1.165) is 23.1 Å². The van der Waals surface area contributed by atoms with Crippen LogP contribution in [0.25, 0.3) is 5.57 Å². The molecule has 4 nitrogen and oxygen atoms in total. The Balaban J connectivity index is 2.22. The van der Waals surface area contributed by atoms with E-state index in [-0.39, 0.29) is 17.9 Å². The van der Waals surface area contributed by atoms with Gasteiger partial charge >= 0.3 is 5.97 Å². The maximum Gasteiger partial charge on any atom is 0.332 e. The summed E-state index contributed by atoms with van der Waals surface area (Å²) in [5.74, 6) is -0.949. The van der Waals surface area contributed by atoms with Crippen molar-refractivity contribution in [3.63, 3.8) is 0 Å². The molecular weight excluding hydrogens is 326 g/mol. The lowest BCUT2D eigenvalue weighted by molar-refractivity contribution is -0.132. The summed E-state index contributed by atoms with van der Waals surface area (Å²) in [6.45, 7) is 4.09. The van der Waals surface area contributed by atoms with E-state index >= 15 is 0 Å². The number of carbonyl (C=O) groups excluding carboxylic acids is 1. The molecule has 0 saturated heterocycles. The first kappa shape index (κ1) is 17.9. The van der Waals surface area contributed by atoms with Crippen LogP contribution in [0.15, 0.2) is 60.2 Å². The van der Waals surface area contributed by atoms with Crippen molar-refractivity contribution in [1.82, 2.24) is 5.32 Å². The Morgan fingerprint density at radius 1 is 1.08 bits per heavy atom. The van der Waals surface area contributed by atoms with Crippen molar-refractivity contribution >= 4 is 17.4 Å². The second-order valence-electron chi connectivity index (χ2n) is 6.74. The first-order valence-electron chi connectivity index (χ1n) is 8.93. The molecule has 0 aromatic heterocycles. The molecule has 2 atom stereocenters. The highest BCUT2D eigenvalue weighted by Crippen LogP contribution is 2.35. The molecule has 4 heteroatoms. The Kier molecular flexibility index (Phi) is 5.21. The van der Waals surface area contributed by atoms with Crippen LogP contribution in [0, 0.1) is 5.92 Å². The predicted molar refractivity (Wildman–Crippen MR) is 102 cm³/mol. The van der Waals surface area contributed by atoms with Crippen molar-refractivity contribution in [1.29, 1.82) is 0 Å². The minimum Gasteiger partial charge on any atom is -0.478 e. The summed E-state index contributed by atoms with van der Waals surface area (Å²) in [5, 5.41) is 13.0. The zero-order valence-electron chi connectivity index (χ0n) is 15.0. The van der Waals surface area contributed by atoms with Gasteiger partial charge in [0.2, 0.25) is 0 Å². The number of hydrogen-bond acceptors (Lipinski definition) is 2. The summed E-state index contributed by atoms with van der Waals surface area (Å²) in [6.07, 6.45) is 1.16. The highest BCUT2D eigenvalue weighted by atomic mass is 16.4. The topological polar surface area (TPSA) is 66.4 Å². The van der Waals surface area contributed by atoms with Gasteiger partial charge in [0.25, 0.3) is 5.91 Å². The van der Waals surface area contributed by atoms with Gasteiger partial charge < -0.3 is 10.4 Å². The fourth-order valence-corrected chi connectivity index (χ4v) is 3.47. The van der Waals surface area contributed by atoms with Gasteiger partial charge in [0.1, 0.15) is 0 Å². The van der Waals surface area contributed by atoms with Gasteiger partial charge in [-0.25, -0.2) is 4.79 Å². The molecule has 0 spiro atoms. The molecule has 1 aliphatic heterocycles. The molecular formula is C22H23NO3. The summed E-state index contributed by atoms with van der Waals surface area (Å²) in [5.41, 5.74) is 3.28. The molecule has 0 bridgehead atoms. The van der Waals surface area contributed by atoms with Gasteiger partial charge in [0.15, 0.2) is 0 Å². The third kappa shape index (κ3) is 3.40. The van der Waals surface area contributed by atoms with Crippen LogP contribution in [0.2, 0.25) is 0 Å². The van der Waals surface area contributed by atoms with Crippen molar-refractivity contribution in [2.45, 2.75) is 32.7 Å². The van der Waals surface area contributed by atoms with Crippen molar-refractivity contribution in [3.05, 3.63) is 76.9 Å². The summed E-state index contributed by atoms with van der Waals surface area (Å²) >= 11 is 0. The monoisotopic (exact) mass is 349 g/mol. The summed E-state index contributed by atoms with van der Waals surface area (Å²) in [7, 11) is 0. The minimum atomic E-state index is -0.942. The average molecular weight is 349 g/mol. The Morgan fingerprint density at radius 2 is 1.69 bits per heavy atom. The van der Waals surface area contributed by atoms with Crippen molar-refractivity contribution in [3.8, 4) is 0 Å². The molecule has 0 saturated carbocycles. The lowest BCUT2D eigenvalue weighted by Gasteiger charge is -2.34. The number of hydrogen-bond donors (Lipinski definition) is 2. The summed E-state index contributed by atoms with van der Waals surface area (Å²) < 4.78 is 0. The number of nitrogens with one attached hydrogen (secondary N) is 1. The van der Waals surface area contributed by atoms with Crippen LogP contribution in [-0.4, -0.2) is 23.0 Å². The normalized spacial score (nSPS) is 19.3. The quantitative estimate of drug-likeness (QED) is 0.804. The standard InChI is InChI=1S/C22H23NO3/c1-3-14(2)20-19(16-11-7-8-12-17(16)21(24)23-20)18(22(25)26)13-15-9-5-4-6-10-15/h4-12,14,20H,3,13H2,1-2H3,(H,23,24)(H,25,26). The Labute approximate surface area is 153 Å². The van der Waals surface area contributed by atoms with Crippen molar-refractivity contribution in [2.24, 2.45) is 5.92 Å². The molecule has 2 aromatic rings. The molecule has 0 fully saturated rings. The van der Waals surface area contributed by atoms with Crippen molar-refractivity contribution < 1.29 is 14.7 Å². The van der Waals surface area contributed by atoms with Crippen LogP contribution in [0.3, 0.4) is 0 Å². The molecule has 3 rings (SSSR count). The van der Waals surface area contributed by atoms with E-state index in [4.69, 9.17) is 0 Å². The van der Waals surface area contributed by atoms with Gasteiger partial charge in [-0.05, 0) is 28.7 Å². The number of carboxylic acid groups (broad SMARTS) is 1. The van der Waals surface area contributed by atoms with Gasteiger partial charge in [0, 0.05) is 17.6 Å². The highest BCUT2D eigenvalue weighted by Gasteiger charge is 2.34. The van der Waals surface area contributed by atoms with E-state index in [2.05, 4.69) is 5.32 Å². The number of rotatable bonds is 5. The Hall–Kier alpha value is -2.88. The number of benzene rings is 2. The van der Waals surface area contributed by atoms with Crippen LogP contribution in [-0.2, 0) is 11.2 Å². The van der Waals surface area contributed by atoms with E-state index in [0.29, 0.717) is 17.6 Å². The fourth-order valence-electron chi connectivity index (χ4n) is 3.47. The molecule has 2 N–H and O–H groups in total. The number of fused-ring (bicyclic) bond motifs is 1. The molecule has 26 heavy (non-hydrogen) atoms. The number of carboxylic acids is 1. The number of carbonyl (C=O) groups is 2. The SMILES string of the molecule is CCC(C)C1NC(=O)c2ccccc2C1=C(Cc1ccccc1)C(=O)O. The molecule has 2 unspecified atom stereocenters. The van der Waals surface area contributed by atoms with Crippen LogP contribution in [0.1, 0.15) is 41.8 Å². The maximum atomic E-state index is 12.5. The van der Waals surface area contributed by atoms with Crippen molar-refractivity contribution in [2.75, 3.05) is 0 Å². The minimum absolute atomic E-state index is 0.132. The first-order chi connectivity index (χ1) is 12.5. The number of aliphatic carboxylic acids is 1. The van der Waals surface area contributed by atoms with Gasteiger partial charge in [-0.1, -0.05) is 68.8 Å². The van der Waals surface area contributed by atoms with E-state index in [9.17, 15) is 14.7 Å². The molecule has 1 heterocycles.